The molecule has 1 atom stereocenters. The summed E-state index contributed by atoms with van der Waals surface area (Å²) in [4.78, 5) is 22.1. The number of hydrogen-bond acceptors (Lipinski definition) is 5. The highest BCUT2D eigenvalue weighted by molar-refractivity contribution is 9.10. The normalized spacial score (nSPS) is 12.0. The summed E-state index contributed by atoms with van der Waals surface area (Å²) in [5.41, 5.74) is 4.07. The summed E-state index contributed by atoms with van der Waals surface area (Å²) >= 11 is 3.39. The molecular weight excluding hydrogens is 390 g/mol. The molecule has 2 aromatic carbocycles. The van der Waals surface area contributed by atoms with E-state index in [0.717, 1.165) is 10.0 Å². The molecule has 2 rings (SSSR count). The van der Waals surface area contributed by atoms with E-state index < -0.39 is 16.9 Å². The molecule has 1 N–H and O–H groups in total. The van der Waals surface area contributed by atoms with Crippen LogP contribution >= 0.6 is 15.9 Å². The van der Waals surface area contributed by atoms with Crippen LogP contribution in [0.15, 0.2) is 52.0 Å². The summed E-state index contributed by atoms with van der Waals surface area (Å²) in [5.74, 6) is 0.151. The summed E-state index contributed by atoms with van der Waals surface area (Å²) in [6.07, 6.45) is 0.656. The van der Waals surface area contributed by atoms with Crippen LogP contribution in [0.3, 0.4) is 0 Å². The van der Waals surface area contributed by atoms with Crippen molar-refractivity contribution in [2.75, 3.05) is 0 Å². The molecule has 0 aliphatic carbocycles. The number of ether oxygens (including phenoxy) is 1. The maximum absolute atomic E-state index is 12.0. The Hall–Kier alpha value is -2.74. The van der Waals surface area contributed by atoms with Gasteiger partial charge in [0.2, 0.25) is 0 Å². The molecule has 0 spiro atoms. The molecule has 0 saturated heterocycles. The van der Waals surface area contributed by atoms with Gasteiger partial charge in [-0.05, 0) is 65.2 Å². The topological polar surface area (TPSA) is 93.8 Å². The predicted molar refractivity (Wildman–Crippen MR) is 97.8 cm³/mol. The number of non-ortho nitro benzene ring substituents is 1. The van der Waals surface area contributed by atoms with E-state index in [1.807, 2.05) is 19.1 Å². The lowest BCUT2D eigenvalue weighted by molar-refractivity contribution is -0.384. The first-order chi connectivity index (χ1) is 11.9. The number of aryl methyl sites for hydroxylation is 1. The fourth-order valence-corrected chi connectivity index (χ4v) is 2.48. The lowest BCUT2D eigenvalue weighted by Gasteiger charge is -2.14. The Morgan fingerprint density at radius 3 is 2.60 bits per heavy atom. The molecular formula is C17H16BrN3O4. The average Bonchev–Trinajstić information content (AvgIpc) is 2.57. The number of amides is 1. The maximum atomic E-state index is 12.0. The van der Waals surface area contributed by atoms with Crippen molar-refractivity contribution in [1.29, 1.82) is 0 Å². The van der Waals surface area contributed by atoms with Gasteiger partial charge in [-0.1, -0.05) is 6.07 Å². The summed E-state index contributed by atoms with van der Waals surface area (Å²) in [6, 6.07) is 11.4. The van der Waals surface area contributed by atoms with Gasteiger partial charge in [0.05, 0.1) is 15.6 Å². The molecule has 0 radical (unpaired) electrons. The Labute approximate surface area is 153 Å². The number of hydrogen-bond donors (Lipinski definition) is 1. The highest BCUT2D eigenvalue weighted by Gasteiger charge is 2.15. The molecule has 0 aromatic heterocycles. The molecule has 0 fully saturated rings. The van der Waals surface area contributed by atoms with Crippen LogP contribution in [0.5, 0.6) is 5.75 Å². The number of nitro groups is 1. The number of rotatable bonds is 6. The lowest BCUT2D eigenvalue weighted by atomic mass is 10.2. The molecule has 25 heavy (non-hydrogen) atoms. The van der Waals surface area contributed by atoms with Crippen molar-refractivity contribution < 1.29 is 14.5 Å². The van der Waals surface area contributed by atoms with Crippen LogP contribution < -0.4 is 10.2 Å². The molecule has 0 aliphatic rings. The zero-order valence-electron chi connectivity index (χ0n) is 13.6. The van der Waals surface area contributed by atoms with Crippen LogP contribution in [0.4, 0.5) is 5.69 Å². The van der Waals surface area contributed by atoms with Gasteiger partial charge in [0.15, 0.2) is 6.10 Å². The van der Waals surface area contributed by atoms with Crippen LogP contribution in [0.2, 0.25) is 0 Å². The minimum Gasteiger partial charge on any atom is -0.480 e. The third-order valence-electron chi connectivity index (χ3n) is 3.25. The van der Waals surface area contributed by atoms with Gasteiger partial charge in [-0.15, -0.1) is 0 Å². The number of hydrazone groups is 1. The molecule has 1 unspecified atom stereocenters. The number of benzene rings is 2. The first kappa shape index (κ1) is 18.6. The SMILES string of the molecule is Cc1ccc(OC(C)C(=O)NN=Cc2ccc([N+](=O)[O-])cc2)c(Br)c1. The first-order valence-electron chi connectivity index (χ1n) is 7.37. The van der Waals surface area contributed by atoms with E-state index in [1.165, 1.54) is 30.5 Å². The molecule has 0 aliphatic heterocycles. The third kappa shape index (κ3) is 5.39. The Morgan fingerprint density at radius 2 is 2.00 bits per heavy atom. The zero-order valence-corrected chi connectivity index (χ0v) is 15.2. The molecule has 7 nitrogen and oxygen atoms in total. The minimum atomic E-state index is -0.743. The lowest BCUT2D eigenvalue weighted by Crippen LogP contribution is -2.33. The second-order valence-electron chi connectivity index (χ2n) is 5.28. The van der Waals surface area contributed by atoms with Crippen molar-refractivity contribution >= 4 is 33.7 Å². The van der Waals surface area contributed by atoms with Crippen LogP contribution in [0.1, 0.15) is 18.1 Å². The Bertz CT molecular complexity index is 806. The van der Waals surface area contributed by atoms with E-state index in [0.29, 0.717) is 11.3 Å². The monoisotopic (exact) mass is 405 g/mol. The van der Waals surface area contributed by atoms with Crippen LogP contribution in [0.25, 0.3) is 0 Å². The van der Waals surface area contributed by atoms with E-state index in [1.54, 1.807) is 13.0 Å². The smallest absolute Gasteiger partial charge is 0.280 e. The maximum Gasteiger partial charge on any atom is 0.280 e. The van der Waals surface area contributed by atoms with E-state index >= 15 is 0 Å². The fourth-order valence-electron chi connectivity index (χ4n) is 1.89. The van der Waals surface area contributed by atoms with E-state index in [4.69, 9.17) is 4.74 Å². The largest absolute Gasteiger partial charge is 0.480 e. The van der Waals surface area contributed by atoms with Crippen molar-refractivity contribution in [3.8, 4) is 5.75 Å². The Balaban J connectivity index is 1.91. The second-order valence-corrected chi connectivity index (χ2v) is 6.13. The molecule has 8 heteroatoms. The summed E-state index contributed by atoms with van der Waals surface area (Å²) in [6.45, 7) is 3.57. The van der Waals surface area contributed by atoms with Crippen LogP contribution in [0, 0.1) is 17.0 Å². The number of nitrogens with zero attached hydrogens (tertiary/aromatic N) is 2. The van der Waals surface area contributed by atoms with Gasteiger partial charge in [0.25, 0.3) is 11.6 Å². The first-order valence-corrected chi connectivity index (χ1v) is 8.16. The number of nitro benzene ring substituents is 1. The van der Waals surface area contributed by atoms with E-state index in [2.05, 4.69) is 26.5 Å². The van der Waals surface area contributed by atoms with Gasteiger partial charge in [-0.25, -0.2) is 5.43 Å². The number of halogens is 1. The van der Waals surface area contributed by atoms with Crippen LogP contribution in [-0.4, -0.2) is 23.1 Å². The third-order valence-corrected chi connectivity index (χ3v) is 3.87. The zero-order chi connectivity index (χ0) is 18.4. The molecule has 130 valence electrons. The molecule has 1 amide bonds. The average molecular weight is 406 g/mol. The van der Waals surface area contributed by atoms with Gasteiger partial charge in [-0.2, -0.15) is 5.10 Å². The fraction of sp³-hybridized carbons (Fsp3) is 0.176. The summed E-state index contributed by atoms with van der Waals surface area (Å²) in [5, 5.41) is 14.4. The molecule has 2 aromatic rings. The quantitative estimate of drug-likeness (QED) is 0.451. The number of carbonyl (C=O) groups excluding carboxylic acids is 1. The van der Waals surface area contributed by atoms with E-state index in [-0.39, 0.29) is 5.69 Å². The Kier molecular flexibility index (Phi) is 6.24. The van der Waals surface area contributed by atoms with Crippen molar-refractivity contribution in [1.82, 2.24) is 5.43 Å². The van der Waals surface area contributed by atoms with Gasteiger partial charge in [-0.3, -0.25) is 14.9 Å². The van der Waals surface area contributed by atoms with Crippen molar-refractivity contribution in [2.24, 2.45) is 5.10 Å². The van der Waals surface area contributed by atoms with Crippen molar-refractivity contribution in [3.63, 3.8) is 0 Å². The van der Waals surface area contributed by atoms with Gasteiger partial charge >= 0.3 is 0 Å². The predicted octanol–water partition coefficient (Wildman–Crippen LogP) is 3.58. The van der Waals surface area contributed by atoms with E-state index in [9.17, 15) is 14.9 Å². The minimum absolute atomic E-state index is 0.00752. The summed E-state index contributed by atoms with van der Waals surface area (Å²) < 4.78 is 6.36. The van der Waals surface area contributed by atoms with Gasteiger partial charge in [0, 0.05) is 12.1 Å². The van der Waals surface area contributed by atoms with Gasteiger partial charge < -0.3 is 4.74 Å². The molecule has 0 bridgehead atoms. The van der Waals surface area contributed by atoms with Crippen LogP contribution in [-0.2, 0) is 4.79 Å². The summed E-state index contributed by atoms with van der Waals surface area (Å²) in [7, 11) is 0. The highest BCUT2D eigenvalue weighted by atomic mass is 79.9. The molecule has 0 saturated carbocycles. The number of carbonyl (C=O) groups is 1. The highest BCUT2D eigenvalue weighted by Crippen LogP contribution is 2.26. The van der Waals surface area contributed by atoms with Crippen molar-refractivity contribution in [3.05, 3.63) is 68.2 Å². The Morgan fingerprint density at radius 1 is 1.32 bits per heavy atom. The molecule has 0 heterocycles. The van der Waals surface area contributed by atoms with Gasteiger partial charge in [0.1, 0.15) is 5.75 Å². The second kappa shape index (κ2) is 8.39. The van der Waals surface area contributed by atoms with Crippen molar-refractivity contribution in [2.45, 2.75) is 20.0 Å². The number of nitrogens with one attached hydrogen (secondary N) is 1. The standard InChI is InChI=1S/C17H16BrN3O4/c1-11-3-8-16(15(18)9-11)25-12(2)17(22)20-19-10-13-4-6-14(7-5-13)21(23)24/h3-10,12H,1-2H3,(H,20,22).